The van der Waals surface area contributed by atoms with Gasteiger partial charge < -0.3 is 14.8 Å². The Hall–Kier alpha value is -3.03. The maximum atomic E-state index is 12.4. The second-order valence-electron chi connectivity index (χ2n) is 8.03. The fourth-order valence-corrected chi connectivity index (χ4v) is 4.48. The van der Waals surface area contributed by atoms with Gasteiger partial charge in [0.2, 0.25) is 0 Å². The third kappa shape index (κ3) is 5.67. The molecule has 0 bridgehead atoms. The Morgan fingerprint density at radius 2 is 1.85 bits per heavy atom. The normalized spacial score (nSPS) is 15.9. The second kappa shape index (κ2) is 9.45. The molecule has 33 heavy (non-hydrogen) atoms. The Morgan fingerprint density at radius 3 is 2.55 bits per heavy atom. The molecule has 1 heterocycles. The Bertz CT molecular complexity index is 1270. The number of ether oxygens (including phenoxy) is 2. The number of sulfone groups is 1. The number of amides is 1. The summed E-state index contributed by atoms with van der Waals surface area (Å²) in [7, 11) is -3.23. The SMILES string of the molecule is C[C@@H](Oc1cccc(Cl)c1)C(=O)NC[C@@H]1Cc2cc(-c3ccc(S(C)(=O)=O)cc3)ccc2O1. The van der Waals surface area contributed by atoms with Crippen molar-refractivity contribution in [2.45, 2.75) is 30.4 Å². The monoisotopic (exact) mass is 485 g/mol. The summed E-state index contributed by atoms with van der Waals surface area (Å²) >= 11 is 5.95. The number of nitrogens with one attached hydrogen (secondary N) is 1. The number of halogens is 1. The van der Waals surface area contributed by atoms with Crippen molar-refractivity contribution in [3.8, 4) is 22.6 Å². The summed E-state index contributed by atoms with van der Waals surface area (Å²) in [5, 5.41) is 3.43. The van der Waals surface area contributed by atoms with Crippen LogP contribution in [0.25, 0.3) is 11.1 Å². The number of rotatable bonds is 7. The number of carbonyl (C=O) groups excluding carboxylic acids is 1. The zero-order valence-electron chi connectivity index (χ0n) is 18.2. The van der Waals surface area contributed by atoms with Gasteiger partial charge in [-0.2, -0.15) is 0 Å². The number of carbonyl (C=O) groups is 1. The summed E-state index contributed by atoms with van der Waals surface area (Å²) in [6.07, 6.45) is 1.01. The van der Waals surface area contributed by atoms with Crippen molar-refractivity contribution >= 4 is 27.3 Å². The van der Waals surface area contributed by atoms with Crippen LogP contribution < -0.4 is 14.8 Å². The highest BCUT2D eigenvalue weighted by atomic mass is 35.5. The minimum atomic E-state index is -3.23. The Kier molecular flexibility index (Phi) is 6.63. The smallest absolute Gasteiger partial charge is 0.260 e. The van der Waals surface area contributed by atoms with Crippen molar-refractivity contribution in [2.75, 3.05) is 12.8 Å². The van der Waals surface area contributed by atoms with Crippen LogP contribution in [0.2, 0.25) is 5.02 Å². The first-order valence-corrected chi connectivity index (χ1v) is 12.8. The summed E-state index contributed by atoms with van der Waals surface area (Å²) in [5.74, 6) is 1.09. The molecule has 4 rings (SSSR count). The topological polar surface area (TPSA) is 81.7 Å². The van der Waals surface area contributed by atoms with Gasteiger partial charge in [0.1, 0.15) is 17.6 Å². The van der Waals surface area contributed by atoms with Gasteiger partial charge in [-0.3, -0.25) is 4.79 Å². The van der Waals surface area contributed by atoms with Gasteiger partial charge in [-0.15, -0.1) is 0 Å². The van der Waals surface area contributed by atoms with Gasteiger partial charge in [-0.1, -0.05) is 35.9 Å². The maximum Gasteiger partial charge on any atom is 0.260 e. The summed E-state index contributed by atoms with van der Waals surface area (Å²) in [4.78, 5) is 12.7. The van der Waals surface area contributed by atoms with Crippen molar-refractivity contribution in [3.05, 3.63) is 77.3 Å². The van der Waals surface area contributed by atoms with E-state index in [-0.39, 0.29) is 12.0 Å². The third-order valence-electron chi connectivity index (χ3n) is 5.40. The molecule has 0 radical (unpaired) electrons. The quantitative estimate of drug-likeness (QED) is 0.539. The second-order valence-corrected chi connectivity index (χ2v) is 10.5. The lowest BCUT2D eigenvalue weighted by atomic mass is 10.0. The van der Waals surface area contributed by atoms with Crippen LogP contribution in [0, 0.1) is 0 Å². The number of benzene rings is 3. The summed E-state index contributed by atoms with van der Waals surface area (Å²) in [5.41, 5.74) is 2.95. The predicted octanol–water partition coefficient (Wildman–Crippen LogP) is 4.30. The van der Waals surface area contributed by atoms with E-state index in [1.165, 1.54) is 6.26 Å². The molecule has 0 unspecified atom stereocenters. The molecule has 3 aromatic rings. The van der Waals surface area contributed by atoms with Gasteiger partial charge in [0, 0.05) is 17.7 Å². The minimum absolute atomic E-state index is 0.176. The lowest BCUT2D eigenvalue weighted by Crippen LogP contribution is -2.41. The van der Waals surface area contributed by atoms with Gasteiger partial charge >= 0.3 is 0 Å². The van der Waals surface area contributed by atoms with E-state index in [9.17, 15) is 13.2 Å². The molecule has 1 N–H and O–H groups in total. The van der Waals surface area contributed by atoms with Crippen LogP contribution in [0.4, 0.5) is 0 Å². The molecule has 0 spiro atoms. The first-order valence-electron chi connectivity index (χ1n) is 10.5. The molecule has 2 atom stereocenters. The van der Waals surface area contributed by atoms with Gasteiger partial charge in [-0.25, -0.2) is 8.42 Å². The molecule has 3 aromatic carbocycles. The molecule has 1 aliphatic rings. The van der Waals surface area contributed by atoms with Crippen LogP contribution in [0.3, 0.4) is 0 Å². The third-order valence-corrected chi connectivity index (χ3v) is 6.76. The van der Waals surface area contributed by atoms with E-state index in [2.05, 4.69) is 5.32 Å². The van der Waals surface area contributed by atoms with Crippen LogP contribution in [-0.2, 0) is 21.1 Å². The Morgan fingerprint density at radius 1 is 1.12 bits per heavy atom. The van der Waals surface area contributed by atoms with Crippen molar-refractivity contribution in [2.24, 2.45) is 0 Å². The average molecular weight is 486 g/mol. The van der Waals surface area contributed by atoms with E-state index in [1.54, 1.807) is 55.5 Å². The molecule has 0 aromatic heterocycles. The molecule has 1 amide bonds. The van der Waals surface area contributed by atoms with Gasteiger partial charge in [0.15, 0.2) is 15.9 Å². The largest absolute Gasteiger partial charge is 0.488 e. The van der Waals surface area contributed by atoms with E-state index in [0.29, 0.717) is 28.6 Å². The van der Waals surface area contributed by atoms with E-state index >= 15 is 0 Å². The molecule has 172 valence electrons. The van der Waals surface area contributed by atoms with Gasteiger partial charge in [0.25, 0.3) is 5.91 Å². The van der Waals surface area contributed by atoms with E-state index in [4.69, 9.17) is 21.1 Å². The summed E-state index contributed by atoms with van der Waals surface area (Å²) in [6, 6.07) is 19.6. The van der Waals surface area contributed by atoms with Crippen LogP contribution in [0.5, 0.6) is 11.5 Å². The molecule has 8 heteroatoms. The van der Waals surface area contributed by atoms with Gasteiger partial charge in [0.05, 0.1) is 11.4 Å². The van der Waals surface area contributed by atoms with E-state index in [1.807, 2.05) is 18.2 Å². The lowest BCUT2D eigenvalue weighted by molar-refractivity contribution is -0.127. The number of hydrogen-bond donors (Lipinski definition) is 1. The van der Waals surface area contributed by atoms with Crippen molar-refractivity contribution in [1.82, 2.24) is 5.32 Å². The van der Waals surface area contributed by atoms with Crippen molar-refractivity contribution < 1.29 is 22.7 Å². The summed E-state index contributed by atoms with van der Waals surface area (Å²) < 4.78 is 35.0. The Labute approximate surface area is 198 Å². The fourth-order valence-electron chi connectivity index (χ4n) is 3.66. The van der Waals surface area contributed by atoms with Crippen molar-refractivity contribution in [3.63, 3.8) is 0 Å². The zero-order valence-corrected chi connectivity index (χ0v) is 19.8. The highest BCUT2D eigenvalue weighted by Gasteiger charge is 2.25. The number of fused-ring (bicyclic) bond motifs is 1. The van der Waals surface area contributed by atoms with Crippen molar-refractivity contribution in [1.29, 1.82) is 0 Å². The first kappa shape index (κ1) is 23.1. The first-order chi connectivity index (χ1) is 15.7. The average Bonchev–Trinajstić information content (AvgIpc) is 3.19. The molecule has 0 aliphatic carbocycles. The minimum Gasteiger partial charge on any atom is -0.488 e. The molecular weight excluding hydrogens is 462 g/mol. The zero-order chi connectivity index (χ0) is 23.6. The molecule has 1 aliphatic heterocycles. The summed E-state index contributed by atoms with van der Waals surface area (Å²) in [6.45, 7) is 2.04. The lowest BCUT2D eigenvalue weighted by Gasteiger charge is -2.17. The van der Waals surface area contributed by atoms with Crippen LogP contribution >= 0.6 is 11.6 Å². The fraction of sp³-hybridized carbons (Fsp3) is 0.240. The van der Waals surface area contributed by atoms with Gasteiger partial charge in [-0.05, 0) is 66.1 Å². The van der Waals surface area contributed by atoms with Crippen LogP contribution in [0.15, 0.2) is 71.6 Å². The Balaban J connectivity index is 1.34. The highest BCUT2D eigenvalue weighted by Crippen LogP contribution is 2.33. The standard InChI is InChI=1S/C25H24ClNO5S/c1-16(31-21-5-3-4-20(26)14-21)25(28)27-15-22-13-19-12-18(8-11-24(19)32-22)17-6-9-23(10-7-17)33(2,29)30/h3-12,14,16,22H,13,15H2,1-2H3,(H,27,28)/t16-,22+/m1/s1. The molecule has 0 fully saturated rings. The van der Waals surface area contributed by atoms with Crippen LogP contribution in [0.1, 0.15) is 12.5 Å². The maximum absolute atomic E-state index is 12.4. The molecule has 0 saturated carbocycles. The van der Waals surface area contributed by atoms with E-state index in [0.717, 1.165) is 22.4 Å². The number of hydrogen-bond acceptors (Lipinski definition) is 5. The molecular formula is C25H24ClNO5S. The van der Waals surface area contributed by atoms with E-state index < -0.39 is 15.9 Å². The molecule has 0 saturated heterocycles. The predicted molar refractivity (Wildman–Crippen MR) is 128 cm³/mol. The van der Waals surface area contributed by atoms with Crippen LogP contribution in [-0.4, -0.2) is 39.3 Å². The highest BCUT2D eigenvalue weighted by molar-refractivity contribution is 7.90. The molecule has 6 nitrogen and oxygen atoms in total.